The molecule has 1 aromatic heterocycles. The molecule has 0 fully saturated rings. The molecule has 4 heteroatoms. The van der Waals surface area contributed by atoms with Gasteiger partial charge in [-0.1, -0.05) is 30.3 Å². The van der Waals surface area contributed by atoms with Crippen LogP contribution in [0, 0.1) is 12.8 Å². The lowest BCUT2D eigenvalue weighted by Gasteiger charge is -2.22. The molecule has 0 saturated heterocycles. The lowest BCUT2D eigenvalue weighted by atomic mass is 9.82. The molecule has 2 atom stereocenters. The van der Waals surface area contributed by atoms with E-state index < -0.39 is 11.9 Å². The minimum atomic E-state index is -0.860. The maximum atomic E-state index is 12.3. The van der Waals surface area contributed by atoms with E-state index in [0.717, 1.165) is 11.3 Å². The Morgan fingerprint density at radius 3 is 2.35 bits per heavy atom. The molecule has 4 nitrogen and oxygen atoms in total. The minimum Gasteiger partial charge on any atom is -0.466 e. The number of Topliss-reactive ketones (excluding diaryl/α,β-unsaturated/α-hetero) is 1. The van der Waals surface area contributed by atoms with Crippen molar-refractivity contribution < 1.29 is 18.7 Å². The lowest BCUT2D eigenvalue weighted by Crippen LogP contribution is -2.31. The predicted molar refractivity (Wildman–Crippen MR) is 87.1 cm³/mol. The first kappa shape index (κ1) is 17.0. The van der Waals surface area contributed by atoms with Crippen LogP contribution in [0.25, 0.3) is 0 Å². The third-order valence-corrected chi connectivity index (χ3v) is 3.81. The van der Waals surface area contributed by atoms with Crippen molar-refractivity contribution in [3.63, 3.8) is 0 Å². The van der Waals surface area contributed by atoms with Crippen molar-refractivity contribution in [2.75, 3.05) is 6.61 Å². The third-order valence-electron chi connectivity index (χ3n) is 3.81. The molecular formula is C19H22O4. The van der Waals surface area contributed by atoms with Gasteiger partial charge in [0, 0.05) is 5.92 Å². The summed E-state index contributed by atoms with van der Waals surface area (Å²) in [6.45, 7) is 5.25. The van der Waals surface area contributed by atoms with Gasteiger partial charge in [-0.3, -0.25) is 9.59 Å². The molecule has 1 aromatic carbocycles. The summed E-state index contributed by atoms with van der Waals surface area (Å²) in [5.41, 5.74) is 1.04. The van der Waals surface area contributed by atoms with E-state index in [1.165, 1.54) is 6.92 Å². The van der Waals surface area contributed by atoms with Gasteiger partial charge in [-0.05, 0) is 44.9 Å². The number of carbonyl (C=O) groups is 2. The van der Waals surface area contributed by atoms with Gasteiger partial charge in [-0.15, -0.1) is 0 Å². The van der Waals surface area contributed by atoms with Gasteiger partial charge in [0.15, 0.2) is 0 Å². The molecule has 0 aliphatic heterocycles. The van der Waals surface area contributed by atoms with Crippen LogP contribution < -0.4 is 0 Å². The third kappa shape index (κ3) is 4.31. The van der Waals surface area contributed by atoms with E-state index in [-0.39, 0.29) is 18.3 Å². The van der Waals surface area contributed by atoms with E-state index in [0.29, 0.717) is 12.2 Å². The van der Waals surface area contributed by atoms with Crippen molar-refractivity contribution >= 4 is 11.8 Å². The molecule has 1 heterocycles. The van der Waals surface area contributed by atoms with Crippen LogP contribution in [0.2, 0.25) is 0 Å². The van der Waals surface area contributed by atoms with Gasteiger partial charge >= 0.3 is 5.97 Å². The summed E-state index contributed by atoms with van der Waals surface area (Å²) in [6.07, 6.45) is 0.539. The van der Waals surface area contributed by atoms with Gasteiger partial charge in [-0.2, -0.15) is 0 Å². The first-order valence-corrected chi connectivity index (χ1v) is 7.80. The largest absolute Gasteiger partial charge is 0.466 e. The van der Waals surface area contributed by atoms with Gasteiger partial charge in [0.25, 0.3) is 0 Å². The zero-order valence-corrected chi connectivity index (χ0v) is 13.7. The number of furan rings is 1. The SMILES string of the molecule is CCOC(=O)C(C(C)=O)C(Cc1ccccc1)c1ccc(C)o1. The van der Waals surface area contributed by atoms with Crippen molar-refractivity contribution in [3.8, 4) is 0 Å². The highest BCUT2D eigenvalue weighted by Gasteiger charge is 2.36. The summed E-state index contributed by atoms with van der Waals surface area (Å²) in [5, 5.41) is 0. The molecule has 23 heavy (non-hydrogen) atoms. The number of esters is 1. The molecule has 122 valence electrons. The Bertz CT molecular complexity index is 657. The second-order valence-electron chi connectivity index (χ2n) is 5.59. The standard InChI is InChI=1S/C19H22O4/c1-4-22-19(21)18(14(3)20)16(17-11-10-13(2)23-17)12-15-8-6-5-7-9-15/h5-11,16,18H,4,12H2,1-3H3. The zero-order chi connectivity index (χ0) is 16.8. The number of hydrogen-bond acceptors (Lipinski definition) is 4. The Balaban J connectivity index is 2.38. The number of benzene rings is 1. The molecule has 0 aliphatic carbocycles. The van der Waals surface area contributed by atoms with Crippen molar-refractivity contribution in [1.29, 1.82) is 0 Å². The predicted octanol–water partition coefficient (Wildman–Crippen LogP) is 3.68. The van der Waals surface area contributed by atoms with Crippen LogP contribution in [0.3, 0.4) is 0 Å². The molecule has 2 rings (SSSR count). The second kappa shape index (κ2) is 7.77. The van der Waals surface area contributed by atoms with Gasteiger partial charge in [-0.25, -0.2) is 0 Å². The van der Waals surface area contributed by atoms with Gasteiger partial charge in [0.1, 0.15) is 23.2 Å². The molecule has 0 aliphatic rings. The Labute approximate surface area is 136 Å². The smallest absolute Gasteiger partial charge is 0.317 e. The Kier molecular flexibility index (Phi) is 5.74. The first-order valence-electron chi connectivity index (χ1n) is 7.80. The molecule has 0 bridgehead atoms. The summed E-state index contributed by atoms with van der Waals surface area (Å²) >= 11 is 0. The van der Waals surface area contributed by atoms with E-state index in [1.54, 1.807) is 6.92 Å². The molecule has 0 saturated carbocycles. The Hall–Kier alpha value is -2.36. The molecule has 0 N–H and O–H groups in total. The number of ketones is 1. The lowest BCUT2D eigenvalue weighted by molar-refractivity contribution is -0.152. The molecule has 0 amide bonds. The van der Waals surface area contributed by atoms with E-state index in [9.17, 15) is 9.59 Å². The second-order valence-corrected chi connectivity index (χ2v) is 5.59. The molecule has 2 aromatic rings. The highest BCUT2D eigenvalue weighted by Crippen LogP contribution is 2.32. The van der Waals surface area contributed by atoms with Gasteiger partial charge < -0.3 is 9.15 Å². The molecule has 0 radical (unpaired) electrons. The topological polar surface area (TPSA) is 56.5 Å². The number of ether oxygens (including phenoxy) is 1. The molecule has 0 spiro atoms. The quantitative estimate of drug-likeness (QED) is 0.578. The first-order chi connectivity index (χ1) is 11.0. The fourth-order valence-electron chi connectivity index (χ4n) is 2.75. The van der Waals surface area contributed by atoms with Crippen LogP contribution in [0.4, 0.5) is 0 Å². The van der Waals surface area contributed by atoms with Crippen molar-refractivity contribution in [2.45, 2.75) is 33.1 Å². The van der Waals surface area contributed by atoms with E-state index in [4.69, 9.17) is 9.15 Å². The summed E-state index contributed by atoms with van der Waals surface area (Å²) in [6, 6.07) is 13.4. The maximum absolute atomic E-state index is 12.3. The number of rotatable bonds is 7. The minimum absolute atomic E-state index is 0.210. The van der Waals surface area contributed by atoms with Crippen molar-refractivity contribution in [3.05, 3.63) is 59.5 Å². The summed E-state index contributed by atoms with van der Waals surface area (Å²) < 4.78 is 10.8. The van der Waals surface area contributed by atoms with Crippen LogP contribution in [0.1, 0.15) is 36.8 Å². The highest BCUT2D eigenvalue weighted by atomic mass is 16.5. The number of hydrogen-bond donors (Lipinski definition) is 0. The average Bonchev–Trinajstić information content (AvgIpc) is 2.94. The Morgan fingerprint density at radius 2 is 1.83 bits per heavy atom. The van der Waals surface area contributed by atoms with Crippen molar-refractivity contribution in [2.24, 2.45) is 5.92 Å². The molecule has 2 unspecified atom stereocenters. The van der Waals surface area contributed by atoms with Crippen molar-refractivity contribution in [1.82, 2.24) is 0 Å². The van der Waals surface area contributed by atoms with Gasteiger partial charge in [0.05, 0.1) is 6.61 Å². The highest BCUT2D eigenvalue weighted by molar-refractivity contribution is 5.98. The summed E-state index contributed by atoms with van der Waals surface area (Å²) in [5.74, 6) is -0.541. The van der Waals surface area contributed by atoms with Crippen LogP contribution in [0.15, 0.2) is 46.9 Å². The van der Waals surface area contributed by atoms with Crippen LogP contribution >= 0.6 is 0 Å². The zero-order valence-electron chi connectivity index (χ0n) is 13.7. The fourth-order valence-corrected chi connectivity index (χ4v) is 2.75. The number of aryl methyl sites for hydroxylation is 1. The fraction of sp³-hybridized carbons (Fsp3) is 0.368. The van der Waals surface area contributed by atoms with E-state index in [2.05, 4.69) is 0 Å². The molecular weight excluding hydrogens is 292 g/mol. The van der Waals surface area contributed by atoms with Crippen LogP contribution in [0.5, 0.6) is 0 Å². The Morgan fingerprint density at radius 1 is 1.13 bits per heavy atom. The number of carbonyl (C=O) groups excluding carboxylic acids is 2. The summed E-state index contributed by atoms with van der Waals surface area (Å²) in [7, 11) is 0. The van der Waals surface area contributed by atoms with Crippen LogP contribution in [-0.4, -0.2) is 18.4 Å². The van der Waals surface area contributed by atoms with Gasteiger partial charge in [0.2, 0.25) is 0 Å². The van der Waals surface area contributed by atoms with Crippen LogP contribution in [-0.2, 0) is 20.7 Å². The maximum Gasteiger partial charge on any atom is 0.317 e. The van der Waals surface area contributed by atoms with E-state index >= 15 is 0 Å². The van der Waals surface area contributed by atoms with E-state index in [1.807, 2.05) is 49.4 Å². The average molecular weight is 314 g/mol. The summed E-state index contributed by atoms with van der Waals surface area (Å²) in [4.78, 5) is 24.4. The monoisotopic (exact) mass is 314 g/mol. The normalized spacial score (nSPS) is 13.3.